The Kier molecular flexibility index (Phi) is 4.36. The average molecular weight is 412 g/mol. The minimum Gasteiger partial charge on any atom is -0.346 e. The molecule has 2 aliphatic rings. The maximum Gasteiger partial charge on any atom is 0.325 e. The Morgan fingerprint density at radius 3 is 2.74 bits per heavy atom. The van der Waals surface area contributed by atoms with Crippen LogP contribution in [0.1, 0.15) is 34.3 Å². The molecule has 1 aliphatic carbocycles. The Morgan fingerprint density at radius 2 is 1.90 bits per heavy atom. The quantitative estimate of drug-likeness (QED) is 0.514. The molecule has 2 heterocycles. The van der Waals surface area contributed by atoms with Crippen LogP contribution in [0.4, 0.5) is 4.79 Å². The second-order valence-electron chi connectivity index (χ2n) is 7.97. The third-order valence-electron chi connectivity index (χ3n) is 6.28. The molecule has 3 aromatic rings. The fourth-order valence-corrected chi connectivity index (χ4v) is 4.79. The van der Waals surface area contributed by atoms with Crippen molar-refractivity contribution in [1.29, 1.82) is 5.26 Å². The second kappa shape index (κ2) is 7.10. The van der Waals surface area contributed by atoms with Gasteiger partial charge in [-0.2, -0.15) is 5.26 Å². The van der Waals surface area contributed by atoms with Crippen molar-refractivity contribution in [2.75, 3.05) is 6.54 Å². The molecule has 1 spiro atoms. The van der Waals surface area contributed by atoms with Crippen molar-refractivity contribution in [3.8, 4) is 6.07 Å². The number of aryl methyl sites for hydroxylation is 2. The van der Waals surface area contributed by atoms with Gasteiger partial charge in [0.2, 0.25) is 0 Å². The number of carbonyl (C=O) groups is 3. The zero-order valence-corrected chi connectivity index (χ0v) is 16.8. The van der Waals surface area contributed by atoms with Crippen molar-refractivity contribution in [3.63, 3.8) is 0 Å². The number of hydrogen-bond donors (Lipinski definition) is 1. The van der Waals surface area contributed by atoms with Crippen LogP contribution in [0.25, 0.3) is 10.9 Å². The Morgan fingerprint density at radius 1 is 1.13 bits per heavy atom. The molecule has 1 aliphatic heterocycles. The number of hydrogen-bond acceptors (Lipinski definition) is 4. The standard InChI is InChI=1S/C24H20N4O3/c25-12-5-13-27-14-18(17-7-2-4-9-20(17)27)21(29)15-28-22(30)24(26-23(28)31)11-10-16-6-1-3-8-19(16)24/h1-4,6-9,14H,5,10-11,13,15H2,(H,26,31)/t24-/m1/s1. The number of nitrogens with zero attached hydrogens (tertiary/aromatic N) is 3. The van der Waals surface area contributed by atoms with Crippen molar-refractivity contribution in [2.24, 2.45) is 0 Å². The summed E-state index contributed by atoms with van der Waals surface area (Å²) < 4.78 is 1.87. The summed E-state index contributed by atoms with van der Waals surface area (Å²) in [5, 5.41) is 12.5. The van der Waals surface area contributed by atoms with E-state index in [9.17, 15) is 14.4 Å². The lowest BCUT2D eigenvalue weighted by atomic mass is 9.92. The van der Waals surface area contributed by atoms with E-state index in [2.05, 4.69) is 11.4 Å². The van der Waals surface area contributed by atoms with E-state index < -0.39 is 11.6 Å². The zero-order valence-electron chi connectivity index (χ0n) is 16.8. The van der Waals surface area contributed by atoms with Crippen molar-refractivity contribution in [1.82, 2.24) is 14.8 Å². The molecule has 1 fully saturated rings. The highest BCUT2D eigenvalue weighted by atomic mass is 16.2. The third-order valence-corrected chi connectivity index (χ3v) is 6.28. The summed E-state index contributed by atoms with van der Waals surface area (Å²) in [7, 11) is 0. The van der Waals surface area contributed by atoms with Crippen LogP contribution >= 0.6 is 0 Å². The van der Waals surface area contributed by atoms with Crippen LogP contribution in [-0.2, 0) is 23.3 Å². The van der Waals surface area contributed by atoms with Crippen LogP contribution in [0.5, 0.6) is 0 Å². The van der Waals surface area contributed by atoms with Crippen molar-refractivity contribution < 1.29 is 14.4 Å². The largest absolute Gasteiger partial charge is 0.346 e. The molecule has 7 heteroatoms. The van der Waals surface area contributed by atoms with Gasteiger partial charge in [0.05, 0.1) is 19.0 Å². The van der Waals surface area contributed by atoms with Crippen molar-refractivity contribution in [3.05, 3.63) is 71.4 Å². The molecule has 1 aromatic heterocycles. The van der Waals surface area contributed by atoms with Gasteiger partial charge in [0.1, 0.15) is 5.54 Å². The zero-order chi connectivity index (χ0) is 21.6. The average Bonchev–Trinajstić information content (AvgIpc) is 3.42. The van der Waals surface area contributed by atoms with E-state index in [0.717, 1.165) is 26.9 Å². The van der Waals surface area contributed by atoms with E-state index in [1.54, 1.807) is 6.20 Å². The number of urea groups is 1. The molecule has 31 heavy (non-hydrogen) atoms. The van der Waals surface area contributed by atoms with Crippen LogP contribution in [-0.4, -0.2) is 33.7 Å². The number of para-hydroxylation sites is 1. The third kappa shape index (κ3) is 2.83. The summed E-state index contributed by atoms with van der Waals surface area (Å²) >= 11 is 0. The molecular weight excluding hydrogens is 392 g/mol. The van der Waals surface area contributed by atoms with Gasteiger partial charge in [-0.15, -0.1) is 0 Å². The predicted molar refractivity (Wildman–Crippen MR) is 113 cm³/mol. The lowest BCUT2D eigenvalue weighted by molar-refractivity contribution is -0.131. The Balaban J connectivity index is 1.45. The molecule has 1 saturated heterocycles. The highest BCUT2D eigenvalue weighted by Gasteiger charge is 2.55. The van der Waals surface area contributed by atoms with E-state index in [1.807, 2.05) is 53.1 Å². The van der Waals surface area contributed by atoms with Crippen molar-refractivity contribution >= 4 is 28.6 Å². The molecule has 0 unspecified atom stereocenters. The van der Waals surface area contributed by atoms with E-state index >= 15 is 0 Å². The SMILES string of the molecule is N#CCCn1cc(C(=O)CN2C(=O)N[C@@]3(CCc4ccccc43)C2=O)c2ccccc21. The molecule has 1 N–H and O–H groups in total. The molecule has 3 amide bonds. The number of carbonyl (C=O) groups excluding carboxylic acids is 3. The van der Waals surface area contributed by atoms with Crippen LogP contribution in [0, 0.1) is 11.3 Å². The molecule has 1 atom stereocenters. The number of Topliss-reactive ketones (excluding diaryl/α,β-unsaturated/α-hetero) is 1. The summed E-state index contributed by atoms with van der Waals surface area (Å²) in [5.41, 5.74) is 2.08. The van der Waals surface area contributed by atoms with Gasteiger partial charge in [0.15, 0.2) is 5.78 Å². The number of amides is 3. The molecule has 0 radical (unpaired) electrons. The number of aromatic nitrogens is 1. The van der Waals surface area contributed by atoms with E-state index in [0.29, 0.717) is 31.4 Å². The minimum atomic E-state index is -1.07. The number of benzene rings is 2. The van der Waals surface area contributed by atoms with Gasteiger partial charge in [-0.3, -0.25) is 14.5 Å². The second-order valence-corrected chi connectivity index (χ2v) is 7.97. The summed E-state index contributed by atoms with van der Waals surface area (Å²) in [4.78, 5) is 40.3. The number of imide groups is 1. The van der Waals surface area contributed by atoms with Crippen LogP contribution in [0.3, 0.4) is 0 Å². The summed E-state index contributed by atoms with van der Waals surface area (Å²) in [6, 6.07) is 16.6. The lowest BCUT2D eigenvalue weighted by Crippen LogP contribution is -2.42. The minimum absolute atomic E-state index is 0.307. The molecule has 154 valence electrons. The summed E-state index contributed by atoms with van der Waals surface area (Å²) in [6.45, 7) is 0.147. The number of nitriles is 1. The van der Waals surface area contributed by atoms with Gasteiger partial charge >= 0.3 is 6.03 Å². The molecule has 2 aromatic carbocycles. The van der Waals surface area contributed by atoms with Gasteiger partial charge in [-0.05, 0) is 30.0 Å². The Hall–Kier alpha value is -3.92. The first-order valence-electron chi connectivity index (χ1n) is 10.3. The molecule has 0 saturated carbocycles. The van der Waals surface area contributed by atoms with Gasteiger partial charge in [0, 0.05) is 29.2 Å². The Bertz CT molecular complexity index is 1290. The first-order chi connectivity index (χ1) is 15.0. The van der Waals surface area contributed by atoms with Crippen LogP contribution < -0.4 is 5.32 Å². The van der Waals surface area contributed by atoms with Crippen LogP contribution in [0.2, 0.25) is 0 Å². The highest BCUT2D eigenvalue weighted by Crippen LogP contribution is 2.41. The fourth-order valence-electron chi connectivity index (χ4n) is 4.79. The number of ketones is 1. The monoisotopic (exact) mass is 412 g/mol. The maximum absolute atomic E-state index is 13.3. The number of nitrogens with one attached hydrogen (secondary N) is 1. The van der Waals surface area contributed by atoms with Crippen molar-refractivity contribution in [2.45, 2.75) is 31.3 Å². The molecule has 5 rings (SSSR count). The maximum atomic E-state index is 13.3. The first-order valence-corrected chi connectivity index (χ1v) is 10.3. The number of fused-ring (bicyclic) bond motifs is 3. The molecule has 0 bridgehead atoms. The van der Waals surface area contributed by atoms with Gasteiger partial charge in [0.25, 0.3) is 5.91 Å². The van der Waals surface area contributed by atoms with E-state index in [1.165, 1.54) is 0 Å². The van der Waals surface area contributed by atoms with E-state index in [-0.39, 0.29) is 18.2 Å². The highest BCUT2D eigenvalue weighted by molar-refractivity contribution is 6.14. The van der Waals surface area contributed by atoms with Crippen LogP contribution in [0.15, 0.2) is 54.7 Å². The lowest BCUT2D eigenvalue weighted by Gasteiger charge is -2.22. The van der Waals surface area contributed by atoms with Gasteiger partial charge in [-0.1, -0.05) is 42.5 Å². The number of rotatable bonds is 5. The molecular formula is C24H20N4O3. The smallest absolute Gasteiger partial charge is 0.325 e. The normalized spacial score (nSPS) is 19.6. The van der Waals surface area contributed by atoms with Gasteiger partial charge in [-0.25, -0.2) is 4.79 Å². The van der Waals surface area contributed by atoms with Gasteiger partial charge < -0.3 is 9.88 Å². The first kappa shape index (κ1) is 19.1. The predicted octanol–water partition coefficient (Wildman–Crippen LogP) is 3.13. The van der Waals surface area contributed by atoms with E-state index in [4.69, 9.17) is 5.26 Å². The Labute approximate surface area is 178 Å². The summed E-state index contributed by atoms with van der Waals surface area (Å²) in [6.07, 6.45) is 3.23. The molecule has 7 nitrogen and oxygen atoms in total. The fraction of sp³-hybridized carbons (Fsp3) is 0.250. The summed E-state index contributed by atoms with van der Waals surface area (Å²) in [5.74, 6) is -0.678. The topological polar surface area (TPSA) is 95.2 Å².